The molecule has 19 heavy (non-hydrogen) atoms. The molecule has 1 aromatic rings. The van der Waals surface area contributed by atoms with E-state index in [1.165, 1.54) is 32.1 Å². The van der Waals surface area contributed by atoms with Crippen molar-refractivity contribution in [2.24, 2.45) is 5.41 Å². The van der Waals surface area contributed by atoms with E-state index in [4.69, 9.17) is 0 Å². The minimum absolute atomic E-state index is 0.124. The first-order valence-electron chi connectivity index (χ1n) is 7.12. The molecule has 1 N–H and O–H groups in total. The molecule has 1 amide bonds. The first-order valence-corrected chi connectivity index (χ1v) is 7.57. The lowest BCUT2D eigenvalue weighted by molar-refractivity contribution is -0.121. The van der Waals surface area contributed by atoms with Crippen molar-refractivity contribution >= 4 is 18.5 Å². The Morgan fingerprint density at radius 2 is 1.84 bits per heavy atom. The summed E-state index contributed by atoms with van der Waals surface area (Å²) in [6.45, 7) is 3.11. The Morgan fingerprint density at radius 1 is 1.21 bits per heavy atom. The van der Waals surface area contributed by atoms with Crippen LogP contribution in [0.5, 0.6) is 0 Å². The lowest BCUT2D eigenvalue weighted by atomic mass is 9.76. The van der Waals surface area contributed by atoms with Crippen LogP contribution in [0, 0.1) is 5.41 Å². The second-order valence-corrected chi connectivity index (χ2v) is 6.51. The topological polar surface area (TPSA) is 29.1 Å². The monoisotopic (exact) mass is 277 g/mol. The van der Waals surface area contributed by atoms with Gasteiger partial charge in [-0.25, -0.2) is 0 Å². The normalized spacial score (nSPS) is 18.0. The van der Waals surface area contributed by atoms with Crippen LogP contribution >= 0.6 is 12.6 Å². The van der Waals surface area contributed by atoms with Gasteiger partial charge in [-0.1, -0.05) is 38.3 Å². The highest BCUT2D eigenvalue weighted by molar-refractivity contribution is 7.80. The largest absolute Gasteiger partial charge is 0.355 e. The molecule has 2 rings (SSSR count). The van der Waals surface area contributed by atoms with Crippen molar-refractivity contribution in [3.8, 4) is 0 Å². The molecular weight excluding hydrogens is 254 g/mol. The summed E-state index contributed by atoms with van der Waals surface area (Å²) in [5.74, 6) is 0.124. The zero-order valence-electron chi connectivity index (χ0n) is 11.6. The van der Waals surface area contributed by atoms with Gasteiger partial charge >= 0.3 is 0 Å². The van der Waals surface area contributed by atoms with Gasteiger partial charge in [-0.2, -0.15) is 0 Å². The highest BCUT2D eigenvalue weighted by Crippen LogP contribution is 2.34. The van der Waals surface area contributed by atoms with Crippen LogP contribution in [0.2, 0.25) is 0 Å². The van der Waals surface area contributed by atoms with E-state index in [2.05, 4.69) is 24.9 Å². The molecule has 0 saturated heterocycles. The van der Waals surface area contributed by atoms with E-state index >= 15 is 0 Å². The highest BCUT2D eigenvalue weighted by Gasteiger charge is 2.26. The third-order valence-corrected chi connectivity index (χ3v) is 4.37. The van der Waals surface area contributed by atoms with Crippen molar-refractivity contribution < 1.29 is 4.79 Å². The number of hydrogen-bond acceptors (Lipinski definition) is 2. The number of nitrogens with one attached hydrogen (secondary N) is 1. The van der Waals surface area contributed by atoms with Gasteiger partial charge in [0.15, 0.2) is 0 Å². The van der Waals surface area contributed by atoms with Crippen molar-refractivity contribution in [1.82, 2.24) is 5.32 Å². The van der Waals surface area contributed by atoms with E-state index in [-0.39, 0.29) is 5.91 Å². The molecule has 2 nitrogen and oxygen atoms in total. The number of amides is 1. The molecule has 0 bridgehead atoms. The molecule has 0 spiro atoms. The van der Waals surface area contributed by atoms with E-state index in [9.17, 15) is 4.79 Å². The Morgan fingerprint density at radius 3 is 2.47 bits per heavy atom. The maximum absolute atomic E-state index is 12.0. The SMILES string of the molecule is CC1(CNC(=O)Cc2ccc(S)cc2)CCCCC1. The minimum atomic E-state index is 0.124. The standard InChI is InChI=1S/C16H23NOS/c1-16(9-3-2-4-10-16)12-17-15(18)11-13-5-7-14(19)8-6-13/h5-8,19H,2-4,9-12H2,1H3,(H,17,18). The number of benzene rings is 1. The Bertz CT molecular complexity index is 421. The molecule has 3 heteroatoms. The summed E-state index contributed by atoms with van der Waals surface area (Å²) in [7, 11) is 0. The molecule has 0 radical (unpaired) electrons. The second-order valence-electron chi connectivity index (χ2n) is 5.99. The summed E-state index contributed by atoms with van der Waals surface area (Å²) >= 11 is 4.24. The third kappa shape index (κ3) is 4.57. The molecule has 0 aromatic heterocycles. The first kappa shape index (κ1) is 14.4. The lowest BCUT2D eigenvalue weighted by Gasteiger charge is -2.33. The van der Waals surface area contributed by atoms with E-state index in [0.717, 1.165) is 17.0 Å². The van der Waals surface area contributed by atoms with Crippen LogP contribution in [0.3, 0.4) is 0 Å². The predicted molar refractivity (Wildman–Crippen MR) is 81.6 cm³/mol. The number of carbonyl (C=O) groups excluding carboxylic acids is 1. The van der Waals surface area contributed by atoms with Crippen molar-refractivity contribution in [1.29, 1.82) is 0 Å². The molecule has 1 aromatic carbocycles. The molecule has 1 saturated carbocycles. The van der Waals surface area contributed by atoms with Gasteiger partial charge in [-0.15, -0.1) is 12.6 Å². The molecule has 1 aliphatic rings. The van der Waals surface area contributed by atoms with Gasteiger partial charge in [0.1, 0.15) is 0 Å². The number of rotatable bonds is 4. The number of thiol groups is 1. The van der Waals surface area contributed by atoms with Crippen LogP contribution in [0.15, 0.2) is 29.2 Å². The highest BCUT2D eigenvalue weighted by atomic mass is 32.1. The van der Waals surface area contributed by atoms with Gasteiger partial charge in [-0.05, 0) is 36.0 Å². The summed E-state index contributed by atoms with van der Waals surface area (Å²) in [5.41, 5.74) is 1.35. The van der Waals surface area contributed by atoms with Crippen molar-refractivity contribution in [2.45, 2.75) is 50.3 Å². The third-order valence-electron chi connectivity index (χ3n) is 4.07. The molecular formula is C16H23NOS. The second kappa shape index (κ2) is 6.47. The predicted octanol–water partition coefficient (Wildman–Crippen LogP) is 3.60. The van der Waals surface area contributed by atoms with Crippen LogP contribution in [-0.2, 0) is 11.2 Å². The van der Waals surface area contributed by atoms with Gasteiger partial charge in [0.25, 0.3) is 0 Å². The van der Waals surface area contributed by atoms with Gasteiger partial charge in [-0.3, -0.25) is 4.79 Å². The van der Waals surface area contributed by atoms with Crippen LogP contribution in [0.25, 0.3) is 0 Å². The maximum atomic E-state index is 12.0. The molecule has 0 aliphatic heterocycles. The van der Waals surface area contributed by atoms with Crippen molar-refractivity contribution in [2.75, 3.05) is 6.54 Å². The fourth-order valence-corrected chi connectivity index (χ4v) is 2.90. The van der Waals surface area contributed by atoms with Crippen LogP contribution in [0.4, 0.5) is 0 Å². The Labute approximate surface area is 121 Å². The average molecular weight is 277 g/mol. The van der Waals surface area contributed by atoms with Gasteiger partial charge in [0.05, 0.1) is 6.42 Å². The summed E-state index contributed by atoms with van der Waals surface area (Å²) in [6.07, 6.45) is 6.89. The fourth-order valence-electron chi connectivity index (χ4n) is 2.76. The summed E-state index contributed by atoms with van der Waals surface area (Å²) < 4.78 is 0. The number of hydrogen-bond donors (Lipinski definition) is 2. The van der Waals surface area contributed by atoms with Crippen LogP contribution < -0.4 is 5.32 Å². The van der Waals surface area contributed by atoms with E-state index in [0.29, 0.717) is 11.8 Å². The molecule has 104 valence electrons. The first-order chi connectivity index (χ1) is 9.07. The van der Waals surface area contributed by atoms with Crippen molar-refractivity contribution in [3.63, 3.8) is 0 Å². The molecule has 0 atom stereocenters. The summed E-state index contributed by atoms with van der Waals surface area (Å²) in [5, 5.41) is 3.10. The van der Waals surface area contributed by atoms with Gasteiger partial charge in [0, 0.05) is 11.4 Å². The van der Waals surface area contributed by atoms with Crippen molar-refractivity contribution in [3.05, 3.63) is 29.8 Å². The molecule has 0 unspecified atom stereocenters. The Hall–Kier alpha value is -0.960. The Kier molecular flexibility index (Phi) is 4.92. The molecule has 0 heterocycles. The quantitative estimate of drug-likeness (QED) is 0.809. The summed E-state index contributed by atoms with van der Waals surface area (Å²) in [6, 6.07) is 7.77. The van der Waals surface area contributed by atoms with Crippen LogP contribution in [0.1, 0.15) is 44.6 Å². The maximum Gasteiger partial charge on any atom is 0.224 e. The van der Waals surface area contributed by atoms with E-state index in [1.54, 1.807) is 0 Å². The smallest absolute Gasteiger partial charge is 0.224 e. The van der Waals surface area contributed by atoms with Crippen LogP contribution in [-0.4, -0.2) is 12.5 Å². The minimum Gasteiger partial charge on any atom is -0.355 e. The van der Waals surface area contributed by atoms with Gasteiger partial charge < -0.3 is 5.32 Å². The summed E-state index contributed by atoms with van der Waals surface area (Å²) in [4.78, 5) is 12.9. The number of carbonyl (C=O) groups is 1. The average Bonchev–Trinajstić information content (AvgIpc) is 2.40. The lowest BCUT2D eigenvalue weighted by Crippen LogP contribution is -2.37. The fraction of sp³-hybridized carbons (Fsp3) is 0.562. The van der Waals surface area contributed by atoms with E-state index < -0.39 is 0 Å². The molecule has 1 aliphatic carbocycles. The Balaban J connectivity index is 1.79. The zero-order valence-corrected chi connectivity index (χ0v) is 12.5. The van der Waals surface area contributed by atoms with Gasteiger partial charge in [0.2, 0.25) is 5.91 Å². The van der Waals surface area contributed by atoms with E-state index in [1.807, 2.05) is 24.3 Å². The molecule has 1 fully saturated rings. The zero-order chi connectivity index (χ0) is 13.7.